The minimum absolute atomic E-state index is 0. The molecule has 0 aromatic rings. The van der Waals surface area contributed by atoms with Crippen molar-refractivity contribution in [3.05, 3.63) is 8.25 Å². The fraction of sp³-hybridized carbons (Fsp3) is 0.965. The molecule has 0 aromatic heterocycles. The molecule has 0 aliphatic carbocycles. The molecule has 6 aliphatic rings. The molecule has 16 nitrogen and oxygen atoms in total. The number of nitrogens with zero attached hydrogens (tertiary/aromatic N) is 8. The van der Waals surface area contributed by atoms with Crippen LogP contribution in [0.25, 0.3) is 8.25 Å². The molecule has 1 fully saturated rings. The fourth-order valence-corrected chi connectivity index (χ4v) is 20.0. The summed E-state index contributed by atoms with van der Waals surface area (Å²) in [5, 5.41) is 1.19. The van der Waals surface area contributed by atoms with Gasteiger partial charge in [0.1, 0.15) is 0 Å². The van der Waals surface area contributed by atoms with Crippen LogP contribution in [0.3, 0.4) is 0 Å². The normalized spacial score (nSPS) is 16.2. The summed E-state index contributed by atoms with van der Waals surface area (Å²) in [5.74, 6) is 4.80. The summed E-state index contributed by atoms with van der Waals surface area (Å²) in [7, 11) is -15.0. The molecule has 6 aliphatic heterocycles. The minimum atomic E-state index is -3.74. The minimum Gasteiger partial charge on any atom is -1.00 e. The van der Waals surface area contributed by atoms with Crippen LogP contribution in [-0.4, -0.2) is 177 Å². The molecule has 0 unspecified atom stereocenters. The van der Waals surface area contributed by atoms with Crippen molar-refractivity contribution in [1.29, 1.82) is 0 Å². The average Bonchev–Trinajstić information content (AvgIpc) is 1.92. The Kier molecular flexibility index (Phi) is 76.6. The Hall–Kier alpha value is -0.313. The number of halogens is 2. The van der Waals surface area contributed by atoms with Gasteiger partial charge in [-0.25, -0.2) is 33.7 Å². The average molecular weight is 1730 g/mol. The van der Waals surface area contributed by atoms with E-state index in [1.807, 2.05) is 0 Å². The third-order valence-corrected chi connectivity index (χ3v) is 26.4. The molecule has 0 saturated carbocycles. The van der Waals surface area contributed by atoms with E-state index in [0.717, 1.165) is 6.54 Å². The van der Waals surface area contributed by atoms with Crippen LogP contribution < -0.4 is 35.8 Å². The first-order chi connectivity index (χ1) is 51.1. The molecule has 0 N–H and O–H groups in total. The maximum atomic E-state index is 10.1. The molecule has 0 bridgehead atoms. The van der Waals surface area contributed by atoms with Gasteiger partial charge in [0.05, 0.1) is 98.3 Å². The van der Waals surface area contributed by atoms with Gasteiger partial charge >= 0.3 is 18.9 Å². The number of hydrogen-bond donors (Lipinski definition) is 0. The van der Waals surface area contributed by atoms with Crippen molar-refractivity contribution in [1.82, 2.24) is 14.7 Å². The molecule has 0 atom stereocenters. The molecule has 1 saturated heterocycles. The summed E-state index contributed by atoms with van der Waals surface area (Å²) in [6.45, 7) is 21.1. The van der Waals surface area contributed by atoms with Crippen LogP contribution in [0.15, 0.2) is 4.99 Å². The van der Waals surface area contributed by atoms with Crippen molar-refractivity contribution in [2.24, 2.45) is 4.99 Å². The number of hydrogen-bond acceptors (Lipinski definition) is 12. The summed E-state index contributed by atoms with van der Waals surface area (Å²) in [5.41, 5.74) is 0. The van der Waals surface area contributed by atoms with Crippen molar-refractivity contribution in [3.8, 4) is 0 Å². The van der Waals surface area contributed by atoms with Gasteiger partial charge < -0.3 is 30.1 Å². The van der Waals surface area contributed by atoms with E-state index < -0.39 is 40.1 Å². The fourth-order valence-electron chi connectivity index (χ4n) is 15.7. The summed E-state index contributed by atoms with van der Waals surface area (Å²) >= 11 is 3.49. The van der Waals surface area contributed by atoms with E-state index >= 15 is 0 Å². The number of unbranched alkanes of at least 4 members (excludes halogenated alkanes) is 45. The second-order valence-electron chi connectivity index (χ2n) is 32.2. The molecule has 0 aromatic carbocycles. The topological polar surface area (TPSA) is 193 Å². The molecule has 638 valence electrons. The number of aliphatic imine (C=N–C) groups is 1. The van der Waals surface area contributed by atoms with E-state index in [2.05, 4.69) is 73.8 Å². The zero-order valence-electron chi connectivity index (χ0n) is 71.8. The van der Waals surface area contributed by atoms with Crippen LogP contribution in [-0.2, 0) is 40.1 Å². The molecule has 0 spiro atoms. The van der Waals surface area contributed by atoms with E-state index in [0.29, 0.717) is 25.0 Å². The predicted octanol–water partition coefficient (Wildman–Crippen LogP) is 17.8. The molecule has 23 heteroatoms. The zero-order chi connectivity index (χ0) is 77.8. The van der Waals surface area contributed by atoms with Crippen molar-refractivity contribution < 1.29 is 78.7 Å². The second kappa shape index (κ2) is 75.4. The smallest absolute Gasteiger partial charge is 1.00 e. The Morgan fingerprint density at radius 1 is 0.315 bits per heavy atom. The first-order valence-electron chi connectivity index (χ1n) is 45.0. The monoisotopic (exact) mass is 1730 g/mol. The van der Waals surface area contributed by atoms with Gasteiger partial charge in [-0.05, 0) is 89.9 Å². The largest absolute Gasteiger partial charge is 1.00 e. The van der Waals surface area contributed by atoms with Gasteiger partial charge in [-0.2, -0.15) is 0 Å². The Balaban J connectivity index is 0. The number of rotatable bonds is 54. The quantitative estimate of drug-likeness (QED) is 0.0243. The Morgan fingerprint density at radius 2 is 0.565 bits per heavy atom. The number of alkyl halides is 1. The number of amidine groups is 3. The van der Waals surface area contributed by atoms with Gasteiger partial charge in [-0.15, -0.1) is 0 Å². The van der Waals surface area contributed by atoms with Gasteiger partial charge in [0.2, 0.25) is 11.7 Å². The van der Waals surface area contributed by atoms with Gasteiger partial charge in [0, 0.05) is 82.1 Å². The molecule has 6 heterocycles. The van der Waals surface area contributed by atoms with Gasteiger partial charge in [0.15, 0.2) is 0 Å². The molecule has 0 amide bonds. The Bertz CT molecular complexity index is 2410. The van der Waals surface area contributed by atoms with E-state index in [4.69, 9.17) is 0 Å². The van der Waals surface area contributed by atoms with E-state index in [1.54, 1.807) is 11.7 Å². The number of sulfonamides is 4. The van der Waals surface area contributed by atoms with Gasteiger partial charge in [-0.3, -0.25) is 23.9 Å². The van der Waals surface area contributed by atoms with Gasteiger partial charge in [-0.1, -0.05) is 319 Å². The summed E-state index contributed by atoms with van der Waals surface area (Å²) in [4.78, 5) is 12.5. The molecular weight excluding hydrogens is 1560 g/mol. The second-order valence-corrected chi connectivity index (χ2v) is 40.1. The van der Waals surface area contributed by atoms with Crippen molar-refractivity contribution >= 4 is 73.5 Å². The maximum absolute atomic E-state index is 10.1. The summed E-state index contributed by atoms with van der Waals surface area (Å²) in [6.07, 6.45) is 93.6. The van der Waals surface area contributed by atoms with Crippen LogP contribution in [0.1, 0.15) is 425 Å². The van der Waals surface area contributed by atoms with Crippen LogP contribution in [0.4, 0.5) is 0 Å². The Morgan fingerprint density at radius 3 is 0.843 bits per heavy atom. The Labute approximate surface area is 702 Å². The molecule has 108 heavy (non-hydrogen) atoms. The number of fused-ring (bicyclic) bond motifs is 1. The van der Waals surface area contributed by atoms with Crippen LogP contribution in [0.2, 0.25) is 0 Å². The third kappa shape index (κ3) is 72.2. The summed E-state index contributed by atoms with van der Waals surface area (Å²) < 4.78 is 91.2. The van der Waals surface area contributed by atoms with Crippen LogP contribution in [0, 0.1) is 0 Å². The van der Waals surface area contributed by atoms with E-state index in [1.165, 1.54) is 481 Å². The zero-order valence-corrected chi connectivity index (χ0v) is 78.2. The van der Waals surface area contributed by atoms with Crippen molar-refractivity contribution in [3.63, 3.8) is 0 Å². The van der Waals surface area contributed by atoms with E-state index in [-0.39, 0.29) is 35.8 Å². The maximum Gasteiger partial charge on any atom is 1.00 e. The van der Waals surface area contributed by atoms with Crippen LogP contribution >= 0.6 is 15.9 Å². The molecule has 6 rings (SSSR count). The van der Waals surface area contributed by atoms with Crippen molar-refractivity contribution in [2.75, 3.05) is 102 Å². The SMILES string of the molecule is C1CCC2=NCCCN2CC1.CCCCCCCCCCCCCCCCCCBr.CCCCCCCCCCCCCCCCCCN1CCC[N+]2=C1CCCCC2.CCCCCCCCCCCCCCCCCCN1CCC[N+]2=C1CCCCC2.CS(=O)(=O)[N-]S(C)(=O)=O.CS(=O)(=O)[N-]S(C)(=O)=O.[Br-].[Li+]. The molecular formula is C85H171Br2LiN8O8S4. The predicted molar refractivity (Wildman–Crippen MR) is 465 cm³/mol. The van der Waals surface area contributed by atoms with Crippen LogP contribution in [0.5, 0.6) is 0 Å². The van der Waals surface area contributed by atoms with E-state index in [9.17, 15) is 33.7 Å². The first-order valence-corrected chi connectivity index (χ1v) is 53.5. The summed E-state index contributed by atoms with van der Waals surface area (Å²) in [6, 6.07) is 0. The molecule has 0 radical (unpaired) electrons. The van der Waals surface area contributed by atoms with Gasteiger partial charge in [0.25, 0.3) is 0 Å². The standard InChI is InChI=1S/2C27H53N2.C18H37Br.C9H16N2.2C2H6NO4S2.BrH.Li/c2*1-2-3-4-5-6-7-8-9-10-11-12-13-14-15-16-19-23-28-25-21-26-29-24-20-17-18-22-27(28)29;1-2-3-4-5-6-7-8-9-10-11-12-13-14-15-16-17-18-19;1-2-5-9-10-6-4-8-11(9)7-3-1;2*1-8(4,5)3-9(2,6)7;;/h2*2-26H2,1H3;2-18H2,1H3;1-8H2;2*1-2H3;1H;/q2*+1;;;2*-1;;+1/p-1. The van der Waals surface area contributed by atoms with Crippen molar-refractivity contribution in [2.45, 2.75) is 425 Å². The third-order valence-electron chi connectivity index (χ3n) is 21.5. The first kappa shape index (κ1) is 110.